The number of halogens is 1. The first-order valence-corrected chi connectivity index (χ1v) is 9.36. The highest BCUT2D eigenvalue weighted by Gasteiger charge is 2.56. The lowest BCUT2D eigenvalue weighted by Crippen LogP contribution is -2.33. The molecule has 0 aliphatic carbocycles. The SMILES string of the molecule is COc1cccc(C2=NOC3C(=O)N(c4ccc(C)cc4Br)C(=O)C23)c1OC. The highest BCUT2D eigenvalue weighted by molar-refractivity contribution is 9.10. The minimum atomic E-state index is -0.994. The summed E-state index contributed by atoms with van der Waals surface area (Å²) in [5, 5.41) is 4.04. The van der Waals surface area contributed by atoms with Crippen LogP contribution in [0.1, 0.15) is 11.1 Å². The molecule has 0 N–H and O–H groups in total. The van der Waals surface area contributed by atoms with Gasteiger partial charge in [-0.25, -0.2) is 4.90 Å². The minimum absolute atomic E-state index is 0.352. The van der Waals surface area contributed by atoms with Crippen LogP contribution in [0, 0.1) is 12.8 Å². The monoisotopic (exact) mass is 444 g/mol. The lowest BCUT2D eigenvalue weighted by atomic mass is 9.93. The summed E-state index contributed by atoms with van der Waals surface area (Å²) in [5.74, 6) is -0.744. The third kappa shape index (κ3) is 2.67. The summed E-state index contributed by atoms with van der Waals surface area (Å²) >= 11 is 3.44. The number of carbonyl (C=O) groups is 2. The topological polar surface area (TPSA) is 77.4 Å². The first-order chi connectivity index (χ1) is 13.5. The van der Waals surface area contributed by atoms with Crippen LogP contribution in [0.15, 0.2) is 46.0 Å². The van der Waals surface area contributed by atoms with E-state index in [1.807, 2.05) is 19.1 Å². The number of amides is 2. The number of anilines is 1. The van der Waals surface area contributed by atoms with E-state index in [1.165, 1.54) is 14.2 Å². The number of aryl methyl sites for hydroxylation is 1. The number of nitrogens with zero attached hydrogens (tertiary/aromatic N) is 2. The number of oxime groups is 1. The maximum atomic E-state index is 13.2. The van der Waals surface area contributed by atoms with Gasteiger partial charge in [0.05, 0.1) is 19.9 Å². The van der Waals surface area contributed by atoms with Crippen molar-refractivity contribution >= 4 is 39.1 Å². The number of hydrogen-bond acceptors (Lipinski definition) is 6. The van der Waals surface area contributed by atoms with Gasteiger partial charge in [-0.2, -0.15) is 0 Å². The van der Waals surface area contributed by atoms with Crippen molar-refractivity contribution in [1.82, 2.24) is 0 Å². The van der Waals surface area contributed by atoms with E-state index in [0.29, 0.717) is 32.9 Å². The molecule has 2 atom stereocenters. The molecule has 0 saturated carbocycles. The molecule has 7 nitrogen and oxygen atoms in total. The zero-order chi connectivity index (χ0) is 20.0. The van der Waals surface area contributed by atoms with Crippen LogP contribution in [0.3, 0.4) is 0 Å². The molecule has 2 amide bonds. The van der Waals surface area contributed by atoms with Crippen molar-refractivity contribution < 1.29 is 23.9 Å². The Balaban J connectivity index is 1.76. The Kier molecular flexibility index (Phi) is 4.58. The number of para-hydroxylation sites is 1. The van der Waals surface area contributed by atoms with E-state index in [1.54, 1.807) is 24.3 Å². The van der Waals surface area contributed by atoms with Crippen LogP contribution in [0.5, 0.6) is 11.5 Å². The van der Waals surface area contributed by atoms with Crippen LogP contribution in [0.2, 0.25) is 0 Å². The quantitative estimate of drug-likeness (QED) is 0.677. The molecule has 8 heteroatoms. The van der Waals surface area contributed by atoms with Crippen molar-refractivity contribution in [3.05, 3.63) is 52.0 Å². The van der Waals surface area contributed by atoms with Crippen LogP contribution >= 0.6 is 15.9 Å². The van der Waals surface area contributed by atoms with E-state index >= 15 is 0 Å². The van der Waals surface area contributed by atoms with Gasteiger partial charge in [-0.3, -0.25) is 9.59 Å². The number of rotatable bonds is 4. The number of fused-ring (bicyclic) bond motifs is 1. The third-order valence-electron chi connectivity index (χ3n) is 4.84. The van der Waals surface area contributed by atoms with Gasteiger partial charge in [0.25, 0.3) is 5.91 Å². The largest absolute Gasteiger partial charge is 0.493 e. The van der Waals surface area contributed by atoms with Crippen LogP contribution < -0.4 is 14.4 Å². The molecular weight excluding hydrogens is 428 g/mol. The molecule has 1 saturated heterocycles. The molecule has 2 unspecified atom stereocenters. The Morgan fingerprint density at radius 3 is 2.57 bits per heavy atom. The van der Waals surface area contributed by atoms with E-state index in [4.69, 9.17) is 14.3 Å². The maximum Gasteiger partial charge on any atom is 0.279 e. The molecule has 2 aliphatic rings. The molecule has 1 fully saturated rings. The summed E-state index contributed by atoms with van der Waals surface area (Å²) in [6.07, 6.45) is -0.994. The van der Waals surface area contributed by atoms with Gasteiger partial charge in [-0.15, -0.1) is 0 Å². The van der Waals surface area contributed by atoms with E-state index < -0.39 is 17.9 Å². The zero-order valence-corrected chi connectivity index (χ0v) is 17.0. The highest BCUT2D eigenvalue weighted by atomic mass is 79.9. The summed E-state index contributed by atoms with van der Waals surface area (Å²) in [6.45, 7) is 1.93. The normalized spacial score (nSPS) is 20.7. The maximum absolute atomic E-state index is 13.2. The lowest BCUT2D eigenvalue weighted by molar-refractivity contribution is -0.126. The molecule has 2 aromatic carbocycles. The third-order valence-corrected chi connectivity index (χ3v) is 5.47. The standard InChI is InChI=1S/C20H17BrN2O5/c1-10-7-8-13(12(21)9-10)23-19(24)15-16(22-28-18(15)20(23)25)11-5-4-6-14(26-2)17(11)27-3/h4-9,15,18H,1-3H3. The molecule has 0 aromatic heterocycles. The number of ether oxygens (including phenoxy) is 2. The Morgan fingerprint density at radius 1 is 1.11 bits per heavy atom. The molecule has 0 spiro atoms. The van der Waals surface area contributed by atoms with Gasteiger partial charge in [-0.05, 0) is 52.7 Å². The predicted octanol–water partition coefficient (Wildman–Crippen LogP) is 3.07. The average Bonchev–Trinajstić information content (AvgIpc) is 3.22. The number of benzene rings is 2. The first kappa shape index (κ1) is 18.5. The van der Waals surface area contributed by atoms with Crippen LogP contribution in [0.25, 0.3) is 0 Å². The van der Waals surface area contributed by atoms with Crippen LogP contribution in [0.4, 0.5) is 5.69 Å². The van der Waals surface area contributed by atoms with E-state index in [2.05, 4.69) is 21.1 Å². The van der Waals surface area contributed by atoms with Gasteiger partial charge in [0.2, 0.25) is 12.0 Å². The van der Waals surface area contributed by atoms with Gasteiger partial charge in [0.1, 0.15) is 11.6 Å². The van der Waals surface area contributed by atoms with E-state index in [9.17, 15) is 9.59 Å². The number of imide groups is 1. The molecule has 2 heterocycles. The average molecular weight is 445 g/mol. The Morgan fingerprint density at radius 2 is 1.89 bits per heavy atom. The Hall–Kier alpha value is -2.87. The fourth-order valence-corrected chi connectivity index (χ4v) is 4.19. The molecule has 2 aliphatic heterocycles. The van der Waals surface area contributed by atoms with Gasteiger partial charge < -0.3 is 14.3 Å². The smallest absolute Gasteiger partial charge is 0.279 e. The summed E-state index contributed by atoms with van der Waals surface area (Å²) in [6, 6.07) is 10.7. The number of methoxy groups -OCH3 is 2. The second kappa shape index (κ2) is 6.94. The molecule has 144 valence electrons. The van der Waals surface area contributed by atoms with Crippen LogP contribution in [-0.4, -0.2) is 37.8 Å². The second-order valence-corrected chi connectivity index (χ2v) is 7.34. The Labute approximate surface area is 170 Å². The summed E-state index contributed by atoms with van der Waals surface area (Å²) in [4.78, 5) is 32.7. The zero-order valence-electron chi connectivity index (χ0n) is 15.4. The van der Waals surface area contributed by atoms with Gasteiger partial charge in [0, 0.05) is 10.0 Å². The predicted molar refractivity (Wildman–Crippen MR) is 106 cm³/mol. The van der Waals surface area contributed by atoms with Crippen molar-refractivity contribution in [2.45, 2.75) is 13.0 Å². The van der Waals surface area contributed by atoms with Gasteiger partial charge in [0.15, 0.2) is 11.5 Å². The number of carbonyl (C=O) groups excluding carboxylic acids is 2. The van der Waals surface area contributed by atoms with Gasteiger partial charge >= 0.3 is 0 Å². The molecule has 0 radical (unpaired) electrons. The summed E-state index contributed by atoms with van der Waals surface area (Å²) in [5.41, 5.74) is 2.40. The summed E-state index contributed by atoms with van der Waals surface area (Å²) in [7, 11) is 3.03. The van der Waals surface area contributed by atoms with Crippen LogP contribution in [-0.2, 0) is 14.4 Å². The van der Waals surface area contributed by atoms with Crippen molar-refractivity contribution in [2.75, 3.05) is 19.1 Å². The molecule has 28 heavy (non-hydrogen) atoms. The van der Waals surface area contributed by atoms with E-state index in [-0.39, 0.29) is 5.91 Å². The molecule has 2 aromatic rings. The number of hydrogen-bond donors (Lipinski definition) is 0. The molecule has 0 bridgehead atoms. The Bertz CT molecular complexity index is 1020. The summed E-state index contributed by atoms with van der Waals surface area (Å²) < 4.78 is 11.4. The second-order valence-electron chi connectivity index (χ2n) is 6.49. The van der Waals surface area contributed by atoms with Crippen molar-refractivity contribution in [3.8, 4) is 11.5 Å². The van der Waals surface area contributed by atoms with Crippen molar-refractivity contribution in [2.24, 2.45) is 11.1 Å². The van der Waals surface area contributed by atoms with Crippen molar-refractivity contribution in [3.63, 3.8) is 0 Å². The first-order valence-electron chi connectivity index (χ1n) is 8.57. The minimum Gasteiger partial charge on any atom is -0.493 e. The van der Waals surface area contributed by atoms with Gasteiger partial charge in [-0.1, -0.05) is 17.3 Å². The van der Waals surface area contributed by atoms with Crippen molar-refractivity contribution in [1.29, 1.82) is 0 Å². The molecular formula is C20H17BrN2O5. The fourth-order valence-electron chi connectivity index (χ4n) is 3.52. The lowest BCUT2D eigenvalue weighted by Gasteiger charge is -2.18. The fraction of sp³-hybridized carbons (Fsp3) is 0.250. The highest BCUT2D eigenvalue weighted by Crippen LogP contribution is 2.41. The molecule has 4 rings (SSSR count). The van der Waals surface area contributed by atoms with E-state index in [0.717, 1.165) is 10.5 Å².